The first-order chi connectivity index (χ1) is 9.00. The lowest BCUT2D eigenvalue weighted by atomic mass is 10.1. The molecule has 0 aliphatic rings. The van der Waals surface area contributed by atoms with Crippen molar-refractivity contribution in [2.75, 3.05) is 5.32 Å². The molecule has 5 heteroatoms. The van der Waals surface area contributed by atoms with E-state index in [1.807, 2.05) is 6.07 Å². The van der Waals surface area contributed by atoms with Crippen molar-refractivity contribution in [1.82, 2.24) is 0 Å². The fraction of sp³-hybridized carbons (Fsp3) is 0.0714. The highest BCUT2D eigenvalue weighted by molar-refractivity contribution is 6.37. The van der Waals surface area contributed by atoms with E-state index in [4.69, 9.17) is 23.2 Å². The second-order valence-electron chi connectivity index (χ2n) is 4.01. The second kappa shape index (κ2) is 5.51. The number of carbonyl (C=O) groups is 1. The Morgan fingerprint density at radius 3 is 2.47 bits per heavy atom. The molecule has 0 fully saturated rings. The first kappa shape index (κ1) is 13.7. The summed E-state index contributed by atoms with van der Waals surface area (Å²) in [5, 5.41) is 13.0. The number of hydrogen-bond donors (Lipinski definition) is 2. The van der Waals surface area contributed by atoms with E-state index in [2.05, 4.69) is 5.32 Å². The minimum atomic E-state index is -0.465. The monoisotopic (exact) mass is 295 g/mol. The third-order valence-corrected chi connectivity index (χ3v) is 3.55. The van der Waals surface area contributed by atoms with Crippen LogP contribution in [0, 0.1) is 6.92 Å². The predicted molar refractivity (Wildman–Crippen MR) is 77.3 cm³/mol. The summed E-state index contributed by atoms with van der Waals surface area (Å²) in [5.41, 5.74) is 1.21. The smallest absolute Gasteiger partial charge is 0.259 e. The fourth-order valence-corrected chi connectivity index (χ4v) is 2.05. The number of halogens is 2. The number of hydrogen-bond acceptors (Lipinski definition) is 2. The van der Waals surface area contributed by atoms with E-state index < -0.39 is 5.91 Å². The van der Waals surface area contributed by atoms with Gasteiger partial charge in [0.1, 0.15) is 5.75 Å². The minimum absolute atomic E-state index is 0.0458. The van der Waals surface area contributed by atoms with Gasteiger partial charge in [0.05, 0.1) is 10.6 Å². The molecule has 0 aliphatic carbocycles. The molecule has 0 unspecified atom stereocenters. The van der Waals surface area contributed by atoms with Crippen LogP contribution in [0.1, 0.15) is 15.9 Å². The third-order valence-electron chi connectivity index (χ3n) is 2.70. The van der Waals surface area contributed by atoms with Gasteiger partial charge in [-0.2, -0.15) is 0 Å². The average Bonchev–Trinajstić information content (AvgIpc) is 2.41. The van der Waals surface area contributed by atoms with Crippen LogP contribution in [-0.2, 0) is 0 Å². The van der Waals surface area contributed by atoms with Gasteiger partial charge in [-0.05, 0) is 30.7 Å². The summed E-state index contributed by atoms with van der Waals surface area (Å²) in [6, 6.07) is 10.3. The molecule has 19 heavy (non-hydrogen) atoms. The van der Waals surface area contributed by atoms with E-state index >= 15 is 0 Å². The van der Waals surface area contributed by atoms with Crippen molar-refractivity contribution in [2.45, 2.75) is 6.92 Å². The molecule has 2 aromatic carbocycles. The highest BCUT2D eigenvalue weighted by atomic mass is 35.5. The number of para-hydroxylation sites is 1. The van der Waals surface area contributed by atoms with E-state index in [-0.39, 0.29) is 16.3 Å². The normalized spacial score (nSPS) is 10.3. The van der Waals surface area contributed by atoms with Gasteiger partial charge < -0.3 is 10.4 Å². The second-order valence-corrected chi connectivity index (χ2v) is 4.80. The minimum Gasteiger partial charge on any atom is -0.506 e. The SMILES string of the molecule is Cc1c(Cl)cc(C(=O)Nc2ccccc2)c(O)c1Cl. The summed E-state index contributed by atoms with van der Waals surface area (Å²) in [4.78, 5) is 12.1. The zero-order chi connectivity index (χ0) is 14.0. The lowest BCUT2D eigenvalue weighted by Gasteiger charge is -2.10. The number of aromatic hydroxyl groups is 1. The molecular formula is C14H11Cl2NO2. The van der Waals surface area contributed by atoms with E-state index in [1.165, 1.54) is 6.07 Å². The quantitative estimate of drug-likeness (QED) is 0.870. The van der Waals surface area contributed by atoms with Gasteiger partial charge in [-0.1, -0.05) is 41.4 Å². The standard InChI is InChI=1S/C14H11Cl2NO2/c1-8-11(15)7-10(13(18)12(8)16)14(19)17-9-5-3-2-4-6-9/h2-7,18H,1H3,(H,17,19). The van der Waals surface area contributed by atoms with E-state index in [9.17, 15) is 9.90 Å². The number of amides is 1. The number of carbonyl (C=O) groups excluding carboxylic acids is 1. The predicted octanol–water partition coefficient (Wildman–Crippen LogP) is 4.26. The maximum Gasteiger partial charge on any atom is 0.259 e. The molecule has 0 bridgehead atoms. The zero-order valence-corrected chi connectivity index (χ0v) is 11.6. The van der Waals surface area contributed by atoms with Crippen LogP contribution in [0.2, 0.25) is 10.0 Å². The molecule has 0 saturated carbocycles. The number of phenols is 1. The van der Waals surface area contributed by atoms with Gasteiger partial charge in [0, 0.05) is 10.7 Å². The number of benzene rings is 2. The summed E-state index contributed by atoms with van der Waals surface area (Å²) in [7, 11) is 0. The first-order valence-corrected chi connectivity index (χ1v) is 6.30. The molecular weight excluding hydrogens is 285 g/mol. The Bertz CT molecular complexity index is 627. The third kappa shape index (κ3) is 2.83. The summed E-state index contributed by atoms with van der Waals surface area (Å²) < 4.78 is 0. The fourth-order valence-electron chi connectivity index (χ4n) is 1.60. The van der Waals surface area contributed by atoms with E-state index in [0.29, 0.717) is 16.3 Å². The Labute approximate surface area is 120 Å². The van der Waals surface area contributed by atoms with Crippen molar-refractivity contribution in [3.8, 4) is 5.75 Å². The largest absolute Gasteiger partial charge is 0.506 e. The van der Waals surface area contributed by atoms with Crippen LogP contribution in [0.25, 0.3) is 0 Å². The van der Waals surface area contributed by atoms with Gasteiger partial charge in [-0.3, -0.25) is 4.79 Å². The molecule has 0 saturated heterocycles. The van der Waals surface area contributed by atoms with Crippen LogP contribution in [0.4, 0.5) is 5.69 Å². The van der Waals surface area contributed by atoms with Crippen LogP contribution in [-0.4, -0.2) is 11.0 Å². The van der Waals surface area contributed by atoms with E-state index in [1.54, 1.807) is 31.2 Å². The molecule has 2 N–H and O–H groups in total. The molecule has 98 valence electrons. The Morgan fingerprint density at radius 2 is 1.84 bits per heavy atom. The van der Waals surface area contributed by atoms with Crippen LogP contribution >= 0.6 is 23.2 Å². The Morgan fingerprint density at radius 1 is 1.21 bits per heavy atom. The van der Waals surface area contributed by atoms with Crippen molar-refractivity contribution in [2.24, 2.45) is 0 Å². The van der Waals surface area contributed by atoms with Gasteiger partial charge in [0.2, 0.25) is 0 Å². The molecule has 3 nitrogen and oxygen atoms in total. The lowest BCUT2D eigenvalue weighted by Crippen LogP contribution is -2.12. The summed E-state index contributed by atoms with van der Waals surface area (Å²) in [6.07, 6.45) is 0. The number of phenolic OH excluding ortho intramolecular Hbond substituents is 1. The average molecular weight is 296 g/mol. The Balaban J connectivity index is 2.35. The molecule has 0 radical (unpaired) electrons. The summed E-state index contributed by atoms with van der Waals surface area (Å²) >= 11 is 11.9. The maximum absolute atomic E-state index is 12.1. The van der Waals surface area contributed by atoms with Crippen molar-refractivity contribution in [1.29, 1.82) is 0 Å². The topological polar surface area (TPSA) is 49.3 Å². The van der Waals surface area contributed by atoms with Gasteiger partial charge in [0.15, 0.2) is 0 Å². The molecule has 0 atom stereocenters. The lowest BCUT2D eigenvalue weighted by molar-refractivity contribution is 0.102. The number of rotatable bonds is 2. The van der Waals surface area contributed by atoms with Crippen molar-refractivity contribution >= 4 is 34.8 Å². The van der Waals surface area contributed by atoms with Crippen molar-refractivity contribution < 1.29 is 9.90 Å². The zero-order valence-electron chi connectivity index (χ0n) is 10.1. The van der Waals surface area contributed by atoms with Crippen LogP contribution < -0.4 is 5.32 Å². The maximum atomic E-state index is 12.1. The molecule has 2 rings (SSSR count). The van der Waals surface area contributed by atoms with E-state index in [0.717, 1.165) is 0 Å². The van der Waals surface area contributed by atoms with Crippen LogP contribution in [0.15, 0.2) is 36.4 Å². The first-order valence-electron chi connectivity index (χ1n) is 5.54. The Hall–Kier alpha value is -1.71. The van der Waals surface area contributed by atoms with Crippen molar-refractivity contribution in [3.63, 3.8) is 0 Å². The molecule has 0 spiro atoms. The van der Waals surface area contributed by atoms with Gasteiger partial charge in [-0.25, -0.2) is 0 Å². The molecule has 0 aliphatic heterocycles. The van der Waals surface area contributed by atoms with Crippen LogP contribution in [0.5, 0.6) is 5.75 Å². The Kier molecular flexibility index (Phi) is 3.98. The van der Waals surface area contributed by atoms with Gasteiger partial charge in [-0.15, -0.1) is 0 Å². The number of nitrogens with one attached hydrogen (secondary N) is 1. The summed E-state index contributed by atoms with van der Waals surface area (Å²) in [5.74, 6) is -0.732. The molecule has 0 heterocycles. The number of anilines is 1. The van der Waals surface area contributed by atoms with Gasteiger partial charge in [0.25, 0.3) is 5.91 Å². The highest BCUT2D eigenvalue weighted by Crippen LogP contribution is 2.35. The summed E-state index contributed by atoms with van der Waals surface area (Å²) in [6.45, 7) is 1.67. The van der Waals surface area contributed by atoms with Crippen LogP contribution in [0.3, 0.4) is 0 Å². The molecule has 0 aromatic heterocycles. The molecule has 1 amide bonds. The highest BCUT2D eigenvalue weighted by Gasteiger charge is 2.18. The van der Waals surface area contributed by atoms with Crippen molar-refractivity contribution in [3.05, 3.63) is 57.6 Å². The molecule has 2 aromatic rings. The van der Waals surface area contributed by atoms with Gasteiger partial charge >= 0.3 is 0 Å².